The van der Waals surface area contributed by atoms with Crippen LogP contribution in [0.4, 0.5) is 5.82 Å². The van der Waals surface area contributed by atoms with Crippen LogP contribution in [0.5, 0.6) is 0 Å². The Balaban J connectivity index is 2.89. The number of anilines is 1. The molecule has 0 fully saturated rings. The minimum absolute atomic E-state index is 0.139. The average Bonchev–Trinajstić information content (AvgIpc) is 2.31. The fourth-order valence-electron chi connectivity index (χ4n) is 2.18. The molecule has 0 amide bonds. The molecule has 1 N–H and O–H groups in total. The Morgan fingerprint density at radius 2 is 1.90 bits per heavy atom. The Morgan fingerprint density at radius 3 is 2.40 bits per heavy atom. The third kappa shape index (κ3) is 5.91. The van der Waals surface area contributed by atoms with Crippen LogP contribution >= 0.6 is 0 Å². The molecule has 0 saturated carbocycles. The number of hydrogen-bond acceptors (Lipinski definition) is 3. The van der Waals surface area contributed by atoms with Crippen molar-refractivity contribution in [3.63, 3.8) is 0 Å². The summed E-state index contributed by atoms with van der Waals surface area (Å²) in [5.41, 5.74) is 2.54. The maximum Gasteiger partial charge on any atom is 0.129 e. The van der Waals surface area contributed by atoms with Crippen molar-refractivity contribution in [1.29, 1.82) is 0 Å². The highest BCUT2D eigenvalue weighted by Gasteiger charge is 2.12. The maximum absolute atomic E-state index is 4.70. The van der Waals surface area contributed by atoms with Crippen LogP contribution in [-0.2, 0) is 6.54 Å². The van der Waals surface area contributed by atoms with E-state index in [1.807, 2.05) is 0 Å². The predicted octanol–water partition coefficient (Wildman–Crippen LogP) is 3.76. The molecule has 0 bridgehead atoms. The van der Waals surface area contributed by atoms with Crippen molar-refractivity contribution in [2.75, 3.05) is 18.0 Å². The van der Waals surface area contributed by atoms with Crippen LogP contribution in [0.3, 0.4) is 0 Å². The second-order valence-corrected chi connectivity index (χ2v) is 7.01. The van der Waals surface area contributed by atoms with Gasteiger partial charge in [-0.25, -0.2) is 4.98 Å². The number of hydrogen-bond donors (Lipinski definition) is 1. The number of pyridine rings is 1. The highest BCUT2D eigenvalue weighted by atomic mass is 15.2. The molecule has 114 valence electrons. The van der Waals surface area contributed by atoms with Gasteiger partial charge in [0, 0.05) is 30.9 Å². The fourth-order valence-corrected chi connectivity index (χ4v) is 2.18. The van der Waals surface area contributed by atoms with E-state index in [2.05, 4.69) is 70.8 Å². The van der Waals surface area contributed by atoms with Gasteiger partial charge in [0.1, 0.15) is 5.82 Å². The van der Waals surface area contributed by atoms with Crippen molar-refractivity contribution in [2.24, 2.45) is 5.92 Å². The standard InChI is InChI=1S/C17H31N3/c1-8-20(12-13(2)3)16-10-15(9-14(4)19-16)11-18-17(5,6)7/h9-10,13,18H,8,11-12H2,1-7H3. The monoisotopic (exact) mass is 277 g/mol. The Kier molecular flexibility index (Phi) is 6.00. The van der Waals surface area contributed by atoms with Crippen LogP contribution < -0.4 is 10.2 Å². The lowest BCUT2D eigenvalue weighted by atomic mass is 10.1. The third-order valence-corrected chi connectivity index (χ3v) is 3.11. The molecule has 20 heavy (non-hydrogen) atoms. The van der Waals surface area contributed by atoms with Gasteiger partial charge in [0.2, 0.25) is 0 Å². The maximum atomic E-state index is 4.70. The van der Waals surface area contributed by atoms with Gasteiger partial charge >= 0.3 is 0 Å². The van der Waals surface area contributed by atoms with E-state index in [1.54, 1.807) is 0 Å². The van der Waals surface area contributed by atoms with Crippen LogP contribution in [0, 0.1) is 12.8 Å². The van der Waals surface area contributed by atoms with Gasteiger partial charge in [-0.15, -0.1) is 0 Å². The van der Waals surface area contributed by atoms with E-state index in [-0.39, 0.29) is 5.54 Å². The largest absolute Gasteiger partial charge is 0.357 e. The van der Waals surface area contributed by atoms with Gasteiger partial charge < -0.3 is 10.2 Å². The summed E-state index contributed by atoms with van der Waals surface area (Å²) in [6, 6.07) is 4.39. The summed E-state index contributed by atoms with van der Waals surface area (Å²) >= 11 is 0. The molecule has 0 atom stereocenters. The molecule has 1 heterocycles. The molecule has 1 rings (SSSR count). The molecule has 1 aromatic rings. The second kappa shape index (κ2) is 7.07. The quantitative estimate of drug-likeness (QED) is 0.858. The molecule has 0 saturated heterocycles. The molecular formula is C17H31N3. The number of nitrogens with zero attached hydrogens (tertiary/aromatic N) is 2. The third-order valence-electron chi connectivity index (χ3n) is 3.11. The van der Waals surface area contributed by atoms with Crippen LogP contribution in [0.15, 0.2) is 12.1 Å². The van der Waals surface area contributed by atoms with Gasteiger partial charge in [-0.1, -0.05) is 13.8 Å². The average molecular weight is 277 g/mol. The lowest BCUT2D eigenvalue weighted by molar-refractivity contribution is 0.424. The normalized spacial score (nSPS) is 12.0. The fraction of sp³-hybridized carbons (Fsp3) is 0.706. The van der Waals surface area contributed by atoms with Gasteiger partial charge in [0.15, 0.2) is 0 Å². The van der Waals surface area contributed by atoms with Crippen LogP contribution in [0.1, 0.15) is 52.8 Å². The number of nitrogens with one attached hydrogen (secondary N) is 1. The lowest BCUT2D eigenvalue weighted by Gasteiger charge is -2.26. The van der Waals surface area contributed by atoms with Crippen molar-refractivity contribution in [3.05, 3.63) is 23.4 Å². The Labute approximate surface area is 124 Å². The summed E-state index contributed by atoms with van der Waals surface area (Å²) in [7, 11) is 0. The van der Waals surface area contributed by atoms with Crippen molar-refractivity contribution in [3.8, 4) is 0 Å². The lowest BCUT2D eigenvalue weighted by Crippen LogP contribution is -2.35. The van der Waals surface area contributed by atoms with Gasteiger partial charge in [0.05, 0.1) is 0 Å². The number of rotatable bonds is 6. The summed E-state index contributed by atoms with van der Waals surface area (Å²) in [4.78, 5) is 7.06. The SMILES string of the molecule is CCN(CC(C)C)c1cc(CNC(C)(C)C)cc(C)n1. The molecule has 0 aliphatic rings. The molecule has 0 radical (unpaired) electrons. The van der Waals surface area contributed by atoms with E-state index >= 15 is 0 Å². The highest BCUT2D eigenvalue weighted by Crippen LogP contribution is 2.17. The Hall–Kier alpha value is -1.09. The molecule has 0 unspecified atom stereocenters. The highest BCUT2D eigenvalue weighted by molar-refractivity contribution is 5.42. The van der Waals surface area contributed by atoms with E-state index in [9.17, 15) is 0 Å². The van der Waals surface area contributed by atoms with Gasteiger partial charge in [-0.05, 0) is 58.2 Å². The number of aryl methyl sites for hydroxylation is 1. The molecule has 0 spiro atoms. The summed E-state index contributed by atoms with van der Waals surface area (Å²) in [6.07, 6.45) is 0. The van der Waals surface area contributed by atoms with Crippen molar-refractivity contribution >= 4 is 5.82 Å². The summed E-state index contributed by atoms with van der Waals surface area (Å²) in [5, 5.41) is 3.54. The molecular weight excluding hydrogens is 246 g/mol. The molecule has 0 aromatic carbocycles. The molecule has 3 heteroatoms. The minimum Gasteiger partial charge on any atom is -0.357 e. The smallest absolute Gasteiger partial charge is 0.129 e. The summed E-state index contributed by atoms with van der Waals surface area (Å²) in [6.45, 7) is 18.3. The zero-order valence-electron chi connectivity index (χ0n) is 14.2. The molecule has 0 aliphatic carbocycles. The zero-order chi connectivity index (χ0) is 15.3. The van der Waals surface area contributed by atoms with Gasteiger partial charge in [-0.3, -0.25) is 0 Å². The van der Waals surface area contributed by atoms with E-state index in [0.717, 1.165) is 31.1 Å². The van der Waals surface area contributed by atoms with Crippen LogP contribution in [-0.4, -0.2) is 23.6 Å². The predicted molar refractivity (Wildman–Crippen MR) is 88.3 cm³/mol. The van der Waals surface area contributed by atoms with Gasteiger partial charge in [0.25, 0.3) is 0 Å². The molecule has 0 aliphatic heterocycles. The number of aromatic nitrogens is 1. The van der Waals surface area contributed by atoms with E-state index in [0.29, 0.717) is 5.92 Å². The minimum atomic E-state index is 0.139. The first-order chi connectivity index (χ1) is 9.21. The summed E-state index contributed by atoms with van der Waals surface area (Å²) in [5.74, 6) is 1.75. The van der Waals surface area contributed by atoms with E-state index in [1.165, 1.54) is 5.56 Å². The Morgan fingerprint density at radius 1 is 1.25 bits per heavy atom. The summed E-state index contributed by atoms with van der Waals surface area (Å²) < 4.78 is 0. The van der Waals surface area contributed by atoms with Crippen molar-refractivity contribution in [2.45, 2.75) is 60.5 Å². The Bertz CT molecular complexity index is 419. The van der Waals surface area contributed by atoms with Crippen LogP contribution in [0.25, 0.3) is 0 Å². The first-order valence-corrected chi connectivity index (χ1v) is 7.69. The van der Waals surface area contributed by atoms with E-state index < -0.39 is 0 Å². The van der Waals surface area contributed by atoms with Crippen molar-refractivity contribution < 1.29 is 0 Å². The molecule has 3 nitrogen and oxygen atoms in total. The van der Waals surface area contributed by atoms with E-state index in [4.69, 9.17) is 4.98 Å². The van der Waals surface area contributed by atoms with Crippen LogP contribution in [0.2, 0.25) is 0 Å². The molecule has 1 aromatic heterocycles. The first-order valence-electron chi connectivity index (χ1n) is 7.69. The zero-order valence-corrected chi connectivity index (χ0v) is 14.2. The second-order valence-electron chi connectivity index (χ2n) is 7.01. The van der Waals surface area contributed by atoms with Crippen molar-refractivity contribution in [1.82, 2.24) is 10.3 Å². The topological polar surface area (TPSA) is 28.2 Å². The van der Waals surface area contributed by atoms with Gasteiger partial charge in [-0.2, -0.15) is 0 Å². The first kappa shape index (κ1) is 17.0.